The number of rotatable bonds is 7. The molecule has 0 unspecified atom stereocenters. The number of hydrogen-bond donors (Lipinski definition) is 0. The second-order valence-corrected chi connectivity index (χ2v) is 10.4. The number of aryl methyl sites for hydroxylation is 1. The third-order valence-electron chi connectivity index (χ3n) is 6.15. The van der Waals surface area contributed by atoms with E-state index >= 15 is 0 Å². The number of aromatic nitrogens is 3. The molecule has 1 saturated heterocycles. The number of fused-ring (bicyclic) bond motifs is 1. The minimum atomic E-state index is -3.71. The van der Waals surface area contributed by atoms with E-state index in [4.69, 9.17) is 9.51 Å². The molecular formula is C25H26FN5O3S. The summed E-state index contributed by atoms with van der Waals surface area (Å²) in [5, 5.41) is 5.03. The van der Waals surface area contributed by atoms with Gasteiger partial charge in [0.15, 0.2) is 0 Å². The third kappa shape index (κ3) is 4.63. The van der Waals surface area contributed by atoms with E-state index in [1.165, 1.54) is 16.4 Å². The standard InChI is InChI=1S/C25H26FN5O3S/c1-2-3-9-21-27-24(22-23(29-34-25(22)28-21)18-7-5-4-6-8-18)30-14-16-31(17-15-30)35(32,33)20-12-10-19(26)11-13-20/h4-8,10-13H,2-3,9,14-17H2,1H3. The second kappa shape index (κ2) is 9.71. The van der Waals surface area contributed by atoms with Crippen LogP contribution >= 0.6 is 0 Å². The summed E-state index contributed by atoms with van der Waals surface area (Å²) in [5.41, 5.74) is 2.00. The van der Waals surface area contributed by atoms with E-state index in [0.29, 0.717) is 36.1 Å². The summed E-state index contributed by atoms with van der Waals surface area (Å²) in [6.07, 6.45) is 2.69. The summed E-state index contributed by atoms with van der Waals surface area (Å²) >= 11 is 0. The number of nitrogens with zero attached hydrogens (tertiary/aromatic N) is 5. The van der Waals surface area contributed by atoms with Crippen LogP contribution in [0.2, 0.25) is 0 Å². The molecular weight excluding hydrogens is 469 g/mol. The predicted octanol–water partition coefficient (Wildman–Crippen LogP) is 4.28. The normalized spacial score (nSPS) is 15.1. The van der Waals surface area contributed by atoms with Crippen molar-refractivity contribution < 1.29 is 17.3 Å². The van der Waals surface area contributed by atoms with Gasteiger partial charge in [-0.2, -0.15) is 9.29 Å². The van der Waals surface area contributed by atoms with Crippen molar-refractivity contribution >= 4 is 26.9 Å². The molecule has 0 N–H and O–H groups in total. The number of piperazine rings is 1. The van der Waals surface area contributed by atoms with Crippen molar-refractivity contribution in [1.29, 1.82) is 0 Å². The molecule has 3 heterocycles. The molecule has 0 bridgehead atoms. The van der Waals surface area contributed by atoms with Crippen molar-refractivity contribution in [3.05, 3.63) is 66.2 Å². The molecule has 0 radical (unpaired) electrons. The molecule has 5 rings (SSSR count). The van der Waals surface area contributed by atoms with E-state index < -0.39 is 15.8 Å². The van der Waals surface area contributed by atoms with E-state index in [9.17, 15) is 12.8 Å². The molecule has 10 heteroatoms. The fourth-order valence-electron chi connectivity index (χ4n) is 4.24. The Morgan fingerprint density at radius 3 is 2.37 bits per heavy atom. The zero-order valence-electron chi connectivity index (χ0n) is 19.4. The topological polar surface area (TPSA) is 92.4 Å². The van der Waals surface area contributed by atoms with Gasteiger partial charge < -0.3 is 9.42 Å². The predicted molar refractivity (Wildman–Crippen MR) is 131 cm³/mol. The molecule has 4 aromatic rings. The number of unbranched alkanes of at least 4 members (excludes halogenated alkanes) is 1. The smallest absolute Gasteiger partial charge is 0.263 e. The number of halogens is 1. The molecule has 35 heavy (non-hydrogen) atoms. The molecule has 2 aromatic heterocycles. The molecule has 0 spiro atoms. The van der Waals surface area contributed by atoms with Crippen molar-refractivity contribution in [2.75, 3.05) is 31.1 Å². The van der Waals surface area contributed by atoms with Gasteiger partial charge in [-0.3, -0.25) is 0 Å². The van der Waals surface area contributed by atoms with Crippen LogP contribution in [0, 0.1) is 5.82 Å². The molecule has 1 aliphatic heterocycles. The number of anilines is 1. The first kappa shape index (κ1) is 23.4. The lowest BCUT2D eigenvalue weighted by molar-refractivity contribution is 0.384. The minimum absolute atomic E-state index is 0.0871. The Hall–Kier alpha value is -3.37. The highest BCUT2D eigenvalue weighted by molar-refractivity contribution is 7.89. The second-order valence-electron chi connectivity index (χ2n) is 8.49. The summed E-state index contributed by atoms with van der Waals surface area (Å²) in [6, 6.07) is 14.6. The van der Waals surface area contributed by atoms with Gasteiger partial charge in [-0.15, -0.1) is 0 Å². The number of benzene rings is 2. The van der Waals surface area contributed by atoms with Crippen LogP contribution in [-0.2, 0) is 16.4 Å². The molecule has 0 atom stereocenters. The highest BCUT2D eigenvalue weighted by Crippen LogP contribution is 2.34. The van der Waals surface area contributed by atoms with Crippen molar-refractivity contribution in [2.45, 2.75) is 31.1 Å². The van der Waals surface area contributed by atoms with Gasteiger partial charge in [-0.25, -0.2) is 17.8 Å². The van der Waals surface area contributed by atoms with E-state index in [2.05, 4.69) is 22.0 Å². The van der Waals surface area contributed by atoms with Crippen LogP contribution in [0.1, 0.15) is 25.6 Å². The highest BCUT2D eigenvalue weighted by Gasteiger charge is 2.31. The number of sulfonamides is 1. The Labute approximate surface area is 203 Å². The van der Waals surface area contributed by atoms with Gasteiger partial charge in [0.2, 0.25) is 10.0 Å². The van der Waals surface area contributed by atoms with E-state index in [1.807, 2.05) is 30.3 Å². The molecule has 2 aromatic carbocycles. The zero-order chi connectivity index (χ0) is 24.4. The minimum Gasteiger partial charge on any atom is -0.353 e. The summed E-state index contributed by atoms with van der Waals surface area (Å²) in [5.74, 6) is 0.926. The van der Waals surface area contributed by atoms with Crippen molar-refractivity contribution in [2.24, 2.45) is 0 Å². The van der Waals surface area contributed by atoms with Gasteiger partial charge >= 0.3 is 0 Å². The molecule has 1 fully saturated rings. The maximum absolute atomic E-state index is 13.3. The lowest BCUT2D eigenvalue weighted by Crippen LogP contribution is -2.49. The van der Waals surface area contributed by atoms with E-state index in [-0.39, 0.29) is 18.0 Å². The molecule has 0 saturated carbocycles. The van der Waals surface area contributed by atoms with Crippen LogP contribution in [0.25, 0.3) is 22.4 Å². The van der Waals surface area contributed by atoms with Crippen LogP contribution < -0.4 is 4.90 Å². The lowest BCUT2D eigenvalue weighted by Gasteiger charge is -2.35. The Bertz CT molecular complexity index is 1420. The Morgan fingerprint density at radius 1 is 0.971 bits per heavy atom. The maximum Gasteiger partial charge on any atom is 0.263 e. The monoisotopic (exact) mass is 495 g/mol. The molecule has 8 nitrogen and oxygen atoms in total. The number of hydrogen-bond acceptors (Lipinski definition) is 7. The van der Waals surface area contributed by atoms with Crippen molar-refractivity contribution in [3.63, 3.8) is 0 Å². The first-order valence-electron chi connectivity index (χ1n) is 11.7. The van der Waals surface area contributed by atoms with Crippen molar-refractivity contribution in [3.8, 4) is 11.3 Å². The molecule has 182 valence electrons. The highest BCUT2D eigenvalue weighted by atomic mass is 32.2. The van der Waals surface area contributed by atoms with Crippen LogP contribution in [0.15, 0.2) is 64.0 Å². The van der Waals surface area contributed by atoms with Gasteiger partial charge in [0.25, 0.3) is 5.71 Å². The summed E-state index contributed by atoms with van der Waals surface area (Å²) in [7, 11) is -3.71. The van der Waals surface area contributed by atoms with E-state index in [1.54, 1.807) is 0 Å². The van der Waals surface area contributed by atoms with Crippen LogP contribution in [0.4, 0.5) is 10.2 Å². The van der Waals surface area contributed by atoms with Gasteiger partial charge in [0, 0.05) is 38.2 Å². The fraction of sp³-hybridized carbons (Fsp3) is 0.320. The first-order valence-corrected chi connectivity index (χ1v) is 13.1. The quantitative estimate of drug-likeness (QED) is 0.378. The first-order chi connectivity index (χ1) is 17.0. The summed E-state index contributed by atoms with van der Waals surface area (Å²) < 4.78 is 46.5. The average molecular weight is 496 g/mol. The summed E-state index contributed by atoms with van der Waals surface area (Å²) in [6.45, 7) is 3.56. The van der Waals surface area contributed by atoms with E-state index in [0.717, 1.165) is 42.3 Å². The average Bonchev–Trinajstić information content (AvgIpc) is 3.32. The third-order valence-corrected chi connectivity index (χ3v) is 8.07. The van der Waals surface area contributed by atoms with Gasteiger partial charge in [-0.05, 0) is 30.7 Å². The SMILES string of the molecule is CCCCc1nc(N2CCN(S(=O)(=O)c3ccc(F)cc3)CC2)c2c(-c3ccccc3)noc2n1. The fourth-order valence-corrected chi connectivity index (χ4v) is 5.67. The summed E-state index contributed by atoms with van der Waals surface area (Å²) in [4.78, 5) is 11.6. The van der Waals surface area contributed by atoms with Gasteiger partial charge in [-0.1, -0.05) is 48.8 Å². The van der Waals surface area contributed by atoms with Crippen LogP contribution in [-0.4, -0.2) is 54.0 Å². The molecule has 0 aliphatic carbocycles. The Morgan fingerprint density at radius 2 is 1.69 bits per heavy atom. The lowest BCUT2D eigenvalue weighted by atomic mass is 10.1. The van der Waals surface area contributed by atoms with Gasteiger partial charge in [0.05, 0.1) is 4.90 Å². The largest absolute Gasteiger partial charge is 0.353 e. The zero-order valence-corrected chi connectivity index (χ0v) is 20.2. The van der Waals surface area contributed by atoms with Crippen molar-refractivity contribution in [1.82, 2.24) is 19.4 Å². The van der Waals surface area contributed by atoms with Crippen LogP contribution in [0.5, 0.6) is 0 Å². The van der Waals surface area contributed by atoms with Gasteiger partial charge in [0.1, 0.15) is 28.5 Å². The Balaban J connectivity index is 1.47. The van der Waals surface area contributed by atoms with Crippen LogP contribution in [0.3, 0.4) is 0 Å². The Kier molecular flexibility index (Phi) is 6.48. The molecule has 1 aliphatic rings. The molecule has 0 amide bonds. The maximum atomic E-state index is 13.3.